The van der Waals surface area contributed by atoms with E-state index in [0.717, 1.165) is 23.4 Å². The molecular formula is C13H15N3O. The SMILES string of the molecule is CCC(C#N)CNc1ccc2c(c1)CC(=O)N2. The van der Waals surface area contributed by atoms with Crippen LogP contribution in [-0.2, 0) is 11.2 Å². The van der Waals surface area contributed by atoms with Crippen molar-refractivity contribution in [1.29, 1.82) is 5.26 Å². The molecule has 0 saturated heterocycles. The fraction of sp³-hybridized carbons (Fsp3) is 0.385. The van der Waals surface area contributed by atoms with Gasteiger partial charge in [0.2, 0.25) is 5.91 Å². The van der Waals surface area contributed by atoms with Crippen LogP contribution in [-0.4, -0.2) is 12.5 Å². The summed E-state index contributed by atoms with van der Waals surface area (Å²) in [6.45, 7) is 2.65. The highest BCUT2D eigenvalue weighted by Gasteiger charge is 2.17. The Kier molecular flexibility index (Phi) is 3.29. The lowest BCUT2D eigenvalue weighted by atomic mass is 10.1. The normalized spacial score (nSPS) is 14.7. The molecule has 0 radical (unpaired) electrons. The lowest BCUT2D eigenvalue weighted by Crippen LogP contribution is -2.11. The van der Waals surface area contributed by atoms with Crippen LogP contribution in [0.1, 0.15) is 18.9 Å². The van der Waals surface area contributed by atoms with Crippen molar-refractivity contribution in [3.8, 4) is 6.07 Å². The summed E-state index contributed by atoms with van der Waals surface area (Å²) in [5.74, 6) is 0.0728. The topological polar surface area (TPSA) is 64.9 Å². The van der Waals surface area contributed by atoms with Crippen LogP contribution in [0.15, 0.2) is 18.2 Å². The number of anilines is 2. The van der Waals surface area contributed by atoms with Gasteiger partial charge >= 0.3 is 0 Å². The minimum absolute atomic E-state index is 0.0306. The lowest BCUT2D eigenvalue weighted by Gasteiger charge is -2.10. The van der Waals surface area contributed by atoms with Gasteiger partial charge in [-0.1, -0.05) is 6.92 Å². The second-order valence-corrected chi connectivity index (χ2v) is 4.21. The molecule has 88 valence electrons. The molecule has 17 heavy (non-hydrogen) atoms. The van der Waals surface area contributed by atoms with Gasteiger partial charge in [-0.3, -0.25) is 4.79 Å². The zero-order chi connectivity index (χ0) is 12.3. The molecule has 2 N–H and O–H groups in total. The van der Waals surface area contributed by atoms with E-state index in [4.69, 9.17) is 5.26 Å². The highest BCUT2D eigenvalue weighted by atomic mass is 16.1. The molecule has 1 aromatic rings. The van der Waals surface area contributed by atoms with Gasteiger partial charge in [0, 0.05) is 17.9 Å². The van der Waals surface area contributed by atoms with Crippen molar-refractivity contribution in [2.75, 3.05) is 17.2 Å². The number of nitrogens with one attached hydrogen (secondary N) is 2. The van der Waals surface area contributed by atoms with E-state index in [-0.39, 0.29) is 11.8 Å². The third-order valence-corrected chi connectivity index (χ3v) is 2.96. The Morgan fingerprint density at radius 3 is 3.12 bits per heavy atom. The van der Waals surface area contributed by atoms with Gasteiger partial charge in [-0.15, -0.1) is 0 Å². The summed E-state index contributed by atoms with van der Waals surface area (Å²) in [5, 5.41) is 14.9. The molecule has 1 aromatic carbocycles. The van der Waals surface area contributed by atoms with Gasteiger partial charge in [-0.25, -0.2) is 0 Å². The molecule has 0 saturated carbocycles. The highest BCUT2D eigenvalue weighted by Crippen LogP contribution is 2.26. The molecule has 1 aliphatic rings. The van der Waals surface area contributed by atoms with Crippen molar-refractivity contribution in [3.05, 3.63) is 23.8 Å². The maximum atomic E-state index is 11.2. The molecule has 0 aliphatic carbocycles. The number of amides is 1. The maximum Gasteiger partial charge on any atom is 0.228 e. The van der Waals surface area contributed by atoms with Crippen molar-refractivity contribution in [2.45, 2.75) is 19.8 Å². The number of hydrogen-bond donors (Lipinski definition) is 2. The Hall–Kier alpha value is -2.02. The van der Waals surface area contributed by atoms with Gasteiger partial charge in [0.1, 0.15) is 0 Å². The first-order valence-electron chi connectivity index (χ1n) is 5.79. The van der Waals surface area contributed by atoms with Crippen molar-refractivity contribution in [2.24, 2.45) is 5.92 Å². The molecule has 1 aliphatic heterocycles. The van der Waals surface area contributed by atoms with Crippen LogP contribution in [0.5, 0.6) is 0 Å². The number of rotatable bonds is 4. The number of carbonyl (C=O) groups excluding carboxylic acids is 1. The molecule has 4 nitrogen and oxygen atoms in total. The largest absolute Gasteiger partial charge is 0.384 e. The molecule has 0 bridgehead atoms. The monoisotopic (exact) mass is 229 g/mol. The van der Waals surface area contributed by atoms with Crippen LogP contribution in [0.3, 0.4) is 0 Å². The zero-order valence-corrected chi connectivity index (χ0v) is 9.79. The number of carbonyl (C=O) groups is 1. The molecule has 0 fully saturated rings. The molecule has 2 rings (SSSR count). The summed E-state index contributed by atoms with van der Waals surface area (Å²) in [6, 6.07) is 8.05. The number of nitrogens with zero attached hydrogens (tertiary/aromatic N) is 1. The van der Waals surface area contributed by atoms with E-state index in [2.05, 4.69) is 16.7 Å². The Labute approximate surface area is 101 Å². The van der Waals surface area contributed by atoms with E-state index < -0.39 is 0 Å². The first-order chi connectivity index (χ1) is 8.22. The fourth-order valence-electron chi connectivity index (χ4n) is 1.86. The highest BCUT2D eigenvalue weighted by molar-refractivity contribution is 5.99. The smallest absolute Gasteiger partial charge is 0.228 e. The minimum Gasteiger partial charge on any atom is -0.384 e. The van der Waals surface area contributed by atoms with Crippen LogP contribution < -0.4 is 10.6 Å². The predicted molar refractivity (Wildman–Crippen MR) is 66.7 cm³/mol. The van der Waals surface area contributed by atoms with Gasteiger partial charge in [0.05, 0.1) is 18.4 Å². The number of fused-ring (bicyclic) bond motifs is 1. The lowest BCUT2D eigenvalue weighted by molar-refractivity contribution is -0.115. The Balaban J connectivity index is 2.02. The molecule has 1 amide bonds. The summed E-state index contributed by atoms with van der Waals surface area (Å²) in [7, 11) is 0. The Bertz CT molecular complexity index is 476. The molecule has 1 heterocycles. The van der Waals surface area contributed by atoms with Gasteiger partial charge in [0.15, 0.2) is 0 Å². The maximum absolute atomic E-state index is 11.2. The molecular weight excluding hydrogens is 214 g/mol. The third-order valence-electron chi connectivity index (χ3n) is 2.96. The van der Waals surface area contributed by atoms with Crippen LogP contribution >= 0.6 is 0 Å². The van der Waals surface area contributed by atoms with E-state index in [1.165, 1.54) is 0 Å². The summed E-state index contributed by atoms with van der Waals surface area (Å²) in [4.78, 5) is 11.2. The fourth-order valence-corrected chi connectivity index (χ4v) is 1.86. The van der Waals surface area contributed by atoms with E-state index >= 15 is 0 Å². The van der Waals surface area contributed by atoms with Crippen molar-refractivity contribution in [3.63, 3.8) is 0 Å². The molecule has 1 unspecified atom stereocenters. The molecule has 0 aromatic heterocycles. The van der Waals surface area contributed by atoms with Gasteiger partial charge in [-0.05, 0) is 30.2 Å². The number of nitriles is 1. The van der Waals surface area contributed by atoms with Crippen LogP contribution in [0.4, 0.5) is 11.4 Å². The number of benzene rings is 1. The second-order valence-electron chi connectivity index (χ2n) is 4.21. The quantitative estimate of drug-likeness (QED) is 0.831. The minimum atomic E-state index is 0.0306. The van der Waals surface area contributed by atoms with Crippen LogP contribution in [0.2, 0.25) is 0 Å². The summed E-state index contributed by atoms with van der Waals surface area (Å²) in [5.41, 5.74) is 2.88. The molecule has 1 atom stereocenters. The van der Waals surface area contributed by atoms with Crippen molar-refractivity contribution >= 4 is 17.3 Å². The molecule has 0 spiro atoms. The van der Waals surface area contributed by atoms with E-state index in [1.54, 1.807) is 0 Å². The van der Waals surface area contributed by atoms with E-state index in [9.17, 15) is 4.79 Å². The van der Waals surface area contributed by atoms with Gasteiger partial charge in [0.25, 0.3) is 0 Å². The summed E-state index contributed by atoms with van der Waals surface area (Å²) in [6.07, 6.45) is 1.29. The first kappa shape index (κ1) is 11.5. The standard InChI is InChI=1S/C13H15N3O/c1-2-9(7-14)8-15-11-3-4-12-10(5-11)6-13(17)16-12/h3-5,9,15H,2,6,8H2,1H3,(H,16,17). The second kappa shape index (κ2) is 4.88. The van der Waals surface area contributed by atoms with Crippen molar-refractivity contribution in [1.82, 2.24) is 0 Å². The van der Waals surface area contributed by atoms with Crippen molar-refractivity contribution < 1.29 is 4.79 Å². The van der Waals surface area contributed by atoms with Crippen LogP contribution in [0, 0.1) is 17.2 Å². The Morgan fingerprint density at radius 1 is 1.59 bits per heavy atom. The average Bonchev–Trinajstić information content (AvgIpc) is 2.69. The van der Waals surface area contributed by atoms with Gasteiger partial charge in [-0.2, -0.15) is 5.26 Å². The van der Waals surface area contributed by atoms with E-state index in [1.807, 2.05) is 25.1 Å². The summed E-state index contributed by atoms with van der Waals surface area (Å²) < 4.78 is 0. The van der Waals surface area contributed by atoms with Crippen LogP contribution in [0.25, 0.3) is 0 Å². The van der Waals surface area contributed by atoms with Gasteiger partial charge < -0.3 is 10.6 Å². The summed E-state index contributed by atoms with van der Waals surface area (Å²) >= 11 is 0. The first-order valence-corrected chi connectivity index (χ1v) is 5.79. The zero-order valence-electron chi connectivity index (χ0n) is 9.79. The number of hydrogen-bond acceptors (Lipinski definition) is 3. The predicted octanol–water partition coefficient (Wildman–Crippen LogP) is 2.14. The Morgan fingerprint density at radius 2 is 2.41 bits per heavy atom. The third kappa shape index (κ3) is 2.56. The average molecular weight is 229 g/mol. The molecule has 4 heteroatoms. The van der Waals surface area contributed by atoms with E-state index in [0.29, 0.717) is 13.0 Å².